The minimum Gasteiger partial charge on any atom is -0.473 e. The van der Waals surface area contributed by atoms with Gasteiger partial charge in [0.05, 0.1) is 12.5 Å². The number of fused-ring (bicyclic) bond motifs is 1. The molecule has 4 heterocycles. The molecule has 8 nitrogen and oxygen atoms in total. The Morgan fingerprint density at radius 2 is 2.03 bits per heavy atom. The lowest BCUT2D eigenvalue weighted by Crippen LogP contribution is -2.42. The van der Waals surface area contributed by atoms with Crippen LogP contribution in [0.15, 0.2) is 59.3 Å². The molecule has 0 radical (unpaired) electrons. The number of rotatable bonds is 4. The summed E-state index contributed by atoms with van der Waals surface area (Å²) in [6.07, 6.45) is 4.77. The van der Waals surface area contributed by atoms with Crippen LogP contribution < -0.4 is 4.74 Å². The van der Waals surface area contributed by atoms with E-state index in [0.717, 1.165) is 23.6 Å². The number of aromatic nitrogens is 4. The first-order chi connectivity index (χ1) is 14.3. The van der Waals surface area contributed by atoms with Crippen LogP contribution in [-0.2, 0) is 0 Å². The number of ether oxygens (including phenoxy) is 1. The molecule has 1 aliphatic rings. The molecule has 1 aromatic carbocycles. The van der Waals surface area contributed by atoms with Crippen molar-refractivity contribution < 1.29 is 13.9 Å². The van der Waals surface area contributed by atoms with Crippen LogP contribution in [0.3, 0.4) is 0 Å². The van der Waals surface area contributed by atoms with Crippen molar-refractivity contribution in [2.45, 2.75) is 18.9 Å². The molecule has 4 aromatic rings. The number of piperidine rings is 1. The zero-order chi connectivity index (χ0) is 19.6. The molecule has 1 aliphatic heterocycles. The number of carbonyl (C=O) groups is 1. The van der Waals surface area contributed by atoms with Gasteiger partial charge in [-0.15, -0.1) is 5.10 Å². The Labute approximate surface area is 166 Å². The fraction of sp³-hybridized carbons (Fsp3) is 0.238. The second kappa shape index (κ2) is 7.38. The van der Waals surface area contributed by atoms with Gasteiger partial charge in [-0.05, 0) is 18.2 Å². The van der Waals surface area contributed by atoms with Crippen molar-refractivity contribution in [3.8, 4) is 17.3 Å². The molecule has 29 heavy (non-hydrogen) atoms. The summed E-state index contributed by atoms with van der Waals surface area (Å²) in [5, 5.41) is 17.1. The van der Waals surface area contributed by atoms with Crippen LogP contribution >= 0.6 is 0 Å². The first-order valence-corrected chi connectivity index (χ1v) is 9.53. The predicted octanol–water partition coefficient (Wildman–Crippen LogP) is 3.30. The van der Waals surface area contributed by atoms with Gasteiger partial charge in [0, 0.05) is 42.8 Å². The topological polar surface area (TPSA) is 97.1 Å². The van der Waals surface area contributed by atoms with E-state index in [0.29, 0.717) is 36.1 Å². The second-order valence-electron chi connectivity index (χ2n) is 6.99. The fourth-order valence-corrected chi connectivity index (χ4v) is 3.57. The third-order valence-corrected chi connectivity index (χ3v) is 5.13. The molecule has 146 valence electrons. The third kappa shape index (κ3) is 3.44. The summed E-state index contributed by atoms with van der Waals surface area (Å²) in [6.45, 7) is 1.20. The number of furan rings is 1. The first kappa shape index (κ1) is 17.4. The number of nitrogens with one attached hydrogen (secondary N) is 1. The summed E-state index contributed by atoms with van der Waals surface area (Å²) in [5.74, 6) is 1.10. The number of hydrogen-bond acceptors (Lipinski definition) is 6. The van der Waals surface area contributed by atoms with Crippen LogP contribution in [0.4, 0.5) is 0 Å². The first-order valence-electron chi connectivity index (χ1n) is 9.53. The summed E-state index contributed by atoms with van der Waals surface area (Å²) in [4.78, 5) is 14.6. The minimum absolute atomic E-state index is 0.00276. The average Bonchev–Trinajstić information content (AvgIpc) is 3.46. The maximum absolute atomic E-state index is 12.8. The van der Waals surface area contributed by atoms with Crippen molar-refractivity contribution in [1.29, 1.82) is 0 Å². The SMILES string of the molecule is O=C(c1cc(-c2ccco2)[nH]n1)N1CCC(Oc2nncc3ccccc23)CC1. The predicted molar refractivity (Wildman–Crippen MR) is 105 cm³/mol. The van der Waals surface area contributed by atoms with E-state index in [9.17, 15) is 4.79 Å². The minimum atomic E-state index is -0.0949. The third-order valence-electron chi connectivity index (χ3n) is 5.13. The van der Waals surface area contributed by atoms with Crippen molar-refractivity contribution in [2.75, 3.05) is 13.1 Å². The van der Waals surface area contributed by atoms with Gasteiger partial charge >= 0.3 is 0 Å². The number of carbonyl (C=O) groups excluding carboxylic acids is 1. The highest BCUT2D eigenvalue weighted by Gasteiger charge is 2.27. The molecule has 1 amide bonds. The number of benzene rings is 1. The highest BCUT2D eigenvalue weighted by atomic mass is 16.5. The average molecular weight is 389 g/mol. The molecule has 1 fully saturated rings. The van der Waals surface area contributed by atoms with E-state index < -0.39 is 0 Å². The monoisotopic (exact) mass is 389 g/mol. The number of aromatic amines is 1. The molecule has 0 saturated carbocycles. The molecule has 3 aromatic heterocycles. The van der Waals surface area contributed by atoms with Gasteiger partial charge in [-0.3, -0.25) is 9.89 Å². The van der Waals surface area contributed by atoms with Crippen molar-refractivity contribution >= 4 is 16.7 Å². The molecule has 0 atom stereocenters. The maximum Gasteiger partial charge on any atom is 0.274 e. The summed E-state index contributed by atoms with van der Waals surface area (Å²) < 4.78 is 11.4. The van der Waals surface area contributed by atoms with Crippen molar-refractivity contribution in [3.63, 3.8) is 0 Å². The van der Waals surface area contributed by atoms with Gasteiger partial charge in [0.2, 0.25) is 5.88 Å². The Balaban J connectivity index is 1.23. The van der Waals surface area contributed by atoms with Crippen LogP contribution in [0, 0.1) is 0 Å². The Morgan fingerprint density at radius 1 is 1.17 bits per heavy atom. The molecule has 0 aliphatic carbocycles. The van der Waals surface area contributed by atoms with Gasteiger partial charge in [0.15, 0.2) is 11.5 Å². The molecule has 8 heteroatoms. The molecule has 1 saturated heterocycles. The smallest absolute Gasteiger partial charge is 0.274 e. The Kier molecular flexibility index (Phi) is 4.44. The van der Waals surface area contributed by atoms with Crippen LogP contribution in [0.5, 0.6) is 5.88 Å². The number of hydrogen-bond donors (Lipinski definition) is 1. The summed E-state index contributed by atoms with van der Waals surface area (Å²) >= 11 is 0. The number of nitrogens with zero attached hydrogens (tertiary/aromatic N) is 4. The van der Waals surface area contributed by atoms with Crippen molar-refractivity contribution in [2.24, 2.45) is 0 Å². The summed E-state index contributed by atoms with van der Waals surface area (Å²) in [7, 11) is 0. The highest BCUT2D eigenvalue weighted by molar-refractivity contribution is 5.93. The molecular formula is C21H19N5O3. The van der Waals surface area contributed by atoms with Gasteiger partial charge in [-0.1, -0.05) is 18.2 Å². The van der Waals surface area contributed by atoms with E-state index in [1.807, 2.05) is 30.3 Å². The second-order valence-corrected chi connectivity index (χ2v) is 6.99. The van der Waals surface area contributed by atoms with Gasteiger partial charge in [-0.2, -0.15) is 10.2 Å². The highest BCUT2D eigenvalue weighted by Crippen LogP contribution is 2.25. The lowest BCUT2D eigenvalue weighted by atomic mass is 10.1. The Morgan fingerprint density at radius 3 is 2.86 bits per heavy atom. The number of amides is 1. The Bertz CT molecular complexity index is 1120. The molecule has 1 N–H and O–H groups in total. The number of H-pyrrole nitrogens is 1. The van der Waals surface area contributed by atoms with E-state index >= 15 is 0 Å². The van der Waals surface area contributed by atoms with Crippen LogP contribution in [-0.4, -0.2) is 50.4 Å². The van der Waals surface area contributed by atoms with E-state index in [2.05, 4.69) is 20.4 Å². The molecular weight excluding hydrogens is 370 g/mol. The lowest BCUT2D eigenvalue weighted by molar-refractivity contribution is 0.0584. The normalized spacial score (nSPS) is 15.0. The number of likely N-dealkylation sites (tertiary alicyclic amines) is 1. The van der Waals surface area contributed by atoms with E-state index in [4.69, 9.17) is 9.15 Å². The zero-order valence-electron chi connectivity index (χ0n) is 15.6. The zero-order valence-corrected chi connectivity index (χ0v) is 15.6. The lowest BCUT2D eigenvalue weighted by Gasteiger charge is -2.31. The maximum atomic E-state index is 12.8. The van der Waals surface area contributed by atoms with Gasteiger partial charge in [-0.25, -0.2) is 0 Å². The van der Waals surface area contributed by atoms with Gasteiger partial charge < -0.3 is 14.1 Å². The van der Waals surface area contributed by atoms with Crippen LogP contribution in [0.1, 0.15) is 23.3 Å². The summed E-state index contributed by atoms with van der Waals surface area (Å²) in [6, 6.07) is 13.2. The van der Waals surface area contributed by atoms with Gasteiger partial charge in [0.25, 0.3) is 5.91 Å². The summed E-state index contributed by atoms with van der Waals surface area (Å²) in [5.41, 5.74) is 1.07. The van der Waals surface area contributed by atoms with Crippen LogP contribution in [0.25, 0.3) is 22.2 Å². The molecule has 0 bridgehead atoms. The van der Waals surface area contributed by atoms with Crippen molar-refractivity contribution in [3.05, 3.63) is 60.6 Å². The van der Waals surface area contributed by atoms with E-state index in [-0.39, 0.29) is 12.0 Å². The quantitative estimate of drug-likeness (QED) is 0.575. The van der Waals surface area contributed by atoms with Crippen LogP contribution in [0.2, 0.25) is 0 Å². The fourth-order valence-electron chi connectivity index (χ4n) is 3.57. The van der Waals surface area contributed by atoms with E-state index in [1.165, 1.54) is 0 Å². The Hall–Kier alpha value is -3.68. The molecule has 5 rings (SSSR count). The van der Waals surface area contributed by atoms with E-state index in [1.54, 1.807) is 29.5 Å². The van der Waals surface area contributed by atoms with Crippen molar-refractivity contribution in [1.82, 2.24) is 25.3 Å². The van der Waals surface area contributed by atoms with Gasteiger partial charge in [0.1, 0.15) is 11.8 Å². The molecule has 0 spiro atoms. The molecule has 0 unspecified atom stereocenters. The standard InChI is InChI=1S/C21H19N5O3/c27-21(18-12-17(23-24-18)19-6-3-11-28-19)26-9-7-15(8-10-26)29-20-16-5-2-1-4-14(16)13-22-25-20/h1-6,11-13,15H,7-10H2,(H,23,24). The largest absolute Gasteiger partial charge is 0.473 e.